The molecule has 5 aromatic rings. The number of nitrogens with zero attached hydrogens (tertiary/aromatic N) is 4. The number of hydrogen-bond acceptors (Lipinski definition) is 7. The average Bonchev–Trinajstić information content (AvgIpc) is 3.50. The highest BCUT2D eigenvalue weighted by atomic mass is 19.1. The number of fused-ring (bicyclic) bond motifs is 1. The van der Waals surface area contributed by atoms with Gasteiger partial charge in [0.25, 0.3) is 5.56 Å². The van der Waals surface area contributed by atoms with Gasteiger partial charge in [-0.15, -0.1) is 0 Å². The molecule has 11 heteroatoms. The molecule has 0 radical (unpaired) electrons. The smallest absolute Gasteiger partial charge is 0.341 e. The third-order valence-corrected chi connectivity index (χ3v) is 8.15. The van der Waals surface area contributed by atoms with Crippen molar-refractivity contribution in [3.05, 3.63) is 122 Å². The first kappa shape index (κ1) is 29.6. The van der Waals surface area contributed by atoms with E-state index in [4.69, 9.17) is 9.47 Å². The second kappa shape index (κ2) is 12.3. The van der Waals surface area contributed by atoms with Gasteiger partial charge in [0, 0.05) is 41.6 Å². The number of aromatic nitrogens is 3. The zero-order valence-corrected chi connectivity index (χ0v) is 24.8. The van der Waals surface area contributed by atoms with Crippen LogP contribution in [-0.4, -0.2) is 45.1 Å². The van der Waals surface area contributed by atoms with Crippen LogP contribution in [0.5, 0.6) is 11.5 Å². The van der Waals surface area contributed by atoms with Crippen LogP contribution in [0.3, 0.4) is 0 Å². The first-order valence-corrected chi connectivity index (χ1v) is 14.5. The molecule has 10 nitrogen and oxygen atoms in total. The van der Waals surface area contributed by atoms with E-state index in [2.05, 4.69) is 5.10 Å². The molecule has 1 aliphatic rings. The van der Waals surface area contributed by atoms with Crippen molar-refractivity contribution in [2.45, 2.75) is 39.0 Å². The highest BCUT2D eigenvalue weighted by molar-refractivity contribution is 5.94. The van der Waals surface area contributed by atoms with Gasteiger partial charge in [0.05, 0.1) is 24.9 Å². The molecule has 0 amide bonds. The highest BCUT2D eigenvalue weighted by Gasteiger charge is 2.29. The van der Waals surface area contributed by atoms with Gasteiger partial charge in [-0.25, -0.2) is 13.9 Å². The maximum Gasteiger partial charge on any atom is 0.341 e. The van der Waals surface area contributed by atoms with Crippen molar-refractivity contribution in [3.63, 3.8) is 0 Å². The summed E-state index contributed by atoms with van der Waals surface area (Å²) in [7, 11) is 1.60. The number of halogens is 1. The zero-order valence-electron chi connectivity index (χ0n) is 24.8. The van der Waals surface area contributed by atoms with Crippen molar-refractivity contribution in [1.29, 1.82) is 0 Å². The number of carboxylic acids is 1. The van der Waals surface area contributed by atoms with E-state index in [1.807, 2.05) is 29.2 Å². The maximum absolute atomic E-state index is 15.7. The van der Waals surface area contributed by atoms with Crippen LogP contribution in [0.15, 0.2) is 88.7 Å². The summed E-state index contributed by atoms with van der Waals surface area (Å²) in [5.74, 6) is -0.716. The van der Waals surface area contributed by atoms with Crippen molar-refractivity contribution in [3.8, 4) is 17.2 Å². The summed E-state index contributed by atoms with van der Waals surface area (Å²) in [6, 6.07) is 18.6. The van der Waals surface area contributed by atoms with Gasteiger partial charge in [-0.3, -0.25) is 9.59 Å². The number of carbonyl (C=O) groups is 1. The molecule has 45 heavy (non-hydrogen) atoms. The Hall–Kier alpha value is -5.45. The lowest BCUT2D eigenvalue weighted by molar-refractivity contribution is 0.0695. The Kier molecular flexibility index (Phi) is 8.08. The summed E-state index contributed by atoms with van der Waals surface area (Å²) in [5, 5.41) is 13.9. The highest BCUT2D eigenvalue weighted by Crippen LogP contribution is 2.32. The number of pyridine rings is 1. The number of anilines is 1. The van der Waals surface area contributed by atoms with Crippen molar-refractivity contribution in [1.82, 2.24) is 14.3 Å². The number of carboxylic acid groups (broad SMARTS) is 1. The molecule has 6 rings (SSSR count). The van der Waals surface area contributed by atoms with Gasteiger partial charge in [0.1, 0.15) is 29.5 Å². The standard InChI is InChI=1S/C34H31FN4O6/c1-21-13-14-36-39(33(21)41)18-24-4-3-15-37(24)31-17-30-27(16-29(31)35)32(40)28(34(42)43)19-38(30)23-7-11-26(12-8-23)45-20-22-5-9-25(44-2)10-6-22/h5-14,16-17,19,24H,3-4,15,18,20H2,1-2H3,(H,42,43)/t24-/m1/s1. The molecule has 0 spiro atoms. The number of aromatic carboxylic acids is 1. The van der Waals surface area contributed by atoms with Crippen molar-refractivity contribution >= 4 is 22.6 Å². The van der Waals surface area contributed by atoms with E-state index in [-0.39, 0.29) is 29.2 Å². The molecule has 1 aliphatic heterocycles. The van der Waals surface area contributed by atoms with Crippen LogP contribution >= 0.6 is 0 Å². The minimum atomic E-state index is -1.41. The molecule has 1 fully saturated rings. The predicted molar refractivity (Wildman–Crippen MR) is 167 cm³/mol. The van der Waals surface area contributed by atoms with Gasteiger partial charge in [0.2, 0.25) is 5.43 Å². The fraction of sp³-hybridized carbons (Fsp3) is 0.235. The summed E-state index contributed by atoms with van der Waals surface area (Å²) in [6.45, 7) is 2.88. The number of methoxy groups -OCH3 is 1. The van der Waals surface area contributed by atoms with Gasteiger partial charge >= 0.3 is 5.97 Å². The van der Waals surface area contributed by atoms with E-state index in [1.165, 1.54) is 10.9 Å². The van der Waals surface area contributed by atoms with Crippen molar-refractivity contribution in [2.24, 2.45) is 0 Å². The zero-order chi connectivity index (χ0) is 31.7. The van der Waals surface area contributed by atoms with Crippen LogP contribution in [0.2, 0.25) is 0 Å². The van der Waals surface area contributed by atoms with Crippen LogP contribution in [0, 0.1) is 12.7 Å². The molecule has 0 bridgehead atoms. The van der Waals surface area contributed by atoms with Crippen LogP contribution in [0.25, 0.3) is 16.6 Å². The van der Waals surface area contributed by atoms with Crippen LogP contribution in [0.4, 0.5) is 10.1 Å². The Balaban J connectivity index is 1.36. The summed E-state index contributed by atoms with van der Waals surface area (Å²) >= 11 is 0. The van der Waals surface area contributed by atoms with E-state index in [0.717, 1.165) is 30.2 Å². The van der Waals surface area contributed by atoms with Crippen molar-refractivity contribution < 1.29 is 23.8 Å². The number of aryl methyl sites for hydroxylation is 1. The Morgan fingerprint density at radius 2 is 1.78 bits per heavy atom. The second-order valence-corrected chi connectivity index (χ2v) is 11.0. The molecule has 1 atom stereocenters. The summed E-state index contributed by atoms with van der Waals surface area (Å²) < 4.78 is 29.8. The first-order valence-electron chi connectivity index (χ1n) is 14.5. The molecule has 0 aliphatic carbocycles. The molecule has 3 heterocycles. The molecule has 3 aromatic carbocycles. The van der Waals surface area contributed by atoms with Gasteiger partial charge in [-0.2, -0.15) is 5.10 Å². The van der Waals surface area contributed by atoms with E-state index in [1.54, 1.807) is 61.2 Å². The fourth-order valence-electron chi connectivity index (χ4n) is 5.74. The molecule has 1 N–H and O–H groups in total. The third-order valence-electron chi connectivity index (χ3n) is 8.15. The maximum atomic E-state index is 15.7. The monoisotopic (exact) mass is 610 g/mol. The largest absolute Gasteiger partial charge is 0.497 e. The number of hydrogen-bond donors (Lipinski definition) is 1. The van der Waals surface area contributed by atoms with Gasteiger partial charge < -0.3 is 24.0 Å². The van der Waals surface area contributed by atoms with Crippen LogP contribution in [-0.2, 0) is 13.2 Å². The summed E-state index contributed by atoms with van der Waals surface area (Å²) in [6.07, 6.45) is 4.34. The minimum absolute atomic E-state index is 0.0525. The lowest BCUT2D eigenvalue weighted by atomic mass is 10.1. The van der Waals surface area contributed by atoms with E-state index in [9.17, 15) is 19.5 Å². The van der Waals surface area contributed by atoms with Crippen molar-refractivity contribution in [2.75, 3.05) is 18.6 Å². The quantitative estimate of drug-likeness (QED) is 0.249. The number of rotatable bonds is 9. The lowest BCUT2D eigenvalue weighted by Crippen LogP contribution is -2.38. The van der Waals surface area contributed by atoms with Gasteiger partial charge in [-0.1, -0.05) is 12.1 Å². The first-order chi connectivity index (χ1) is 21.7. The van der Waals surface area contributed by atoms with Gasteiger partial charge in [-0.05, 0) is 79.9 Å². The fourth-order valence-corrected chi connectivity index (χ4v) is 5.74. The summed E-state index contributed by atoms with van der Waals surface area (Å²) in [5.41, 5.74) is 1.26. The van der Waals surface area contributed by atoms with E-state index >= 15 is 4.39 Å². The number of ether oxygens (including phenoxy) is 2. The predicted octanol–water partition coefficient (Wildman–Crippen LogP) is 4.95. The van der Waals surface area contributed by atoms with E-state index in [0.29, 0.717) is 35.7 Å². The molecular formula is C34H31FN4O6. The van der Waals surface area contributed by atoms with Crippen LogP contribution < -0.4 is 25.4 Å². The minimum Gasteiger partial charge on any atom is -0.497 e. The average molecular weight is 611 g/mol. The molecule has 1 saturated heterocycles. The molecular weight excluding hydrogens is 579 g/mol. The molecule has 2 aromatic heterocycles. The van der Waals surface area contributed by atoms with Crippen LogP contribution in [0.1, 0.15) is 34.3 Å². The SMILES string of the molecule is COc1ccc(COc2ccc(-n3cc(C(=O)O)c(=O)c4cc(F)c(N5CCC[C@@H]5Cn5nccc(C)c5=O)cc43)cc2)cc1. The Labute approximate surface area is 257 Å². The normalized spacial score (nSPS) is 14.6. The summed E-state index contributed by atoms with van der Waals surface area (Å²) in [4.78, 5) is 39.7. The second-order valence-electron chi connectivity index (χ2n) is 11.0. The number of benzene rings is 3. The Bertz CT molecular complexity index is 2000. The lowest BCUT2D eigenvalue weighted by Gasteiger charge is -2.28. The Morgan fingerprint density at radius 3 is 2.49 bits per heavy atom. The Morgan fingerprint density at radius 1 is 1.04 bits per heavy atom. The van der Waals surface area contributed by atoms with Gasteiger partial charge in [0.15, 0.2) is 0 Å². The third kappa shape index (κ3) is 5.88. The topological polar surface area (TPSA) is 116 Å². The van der Waals surface area contributed by atoms with E-state index < -0.39 is 22.8 Å². The molecule has 0 saturated carbocycles. The molecule has 230 valence electrons. The molecule has 0 unspecified atom stereocenters.